The van der Waals surface area contributed by atoms with Crippen molar-refractivity contribution in [3.8, 4) is 5.75 Å². The molecule has 0 saturated carbocycles. The predicted molar refractivity (Wildman–Crippen MR) is 122 cm³/mol. The zero-order chi connectivity index (χ0) is 21.6. The minimum Gasteiger partial charge on any atom is -0.476 e. The Morgan fingerprint density at radius 2 is 1.68 bits per heavy atom. The molecule has 2 amide bonds. The second-order valence-electron chi connectivity index (χ2n) is 8.29. The molecule has 0 unspecified atom stereocenters. The Morgan fingerprint density at radius 3 is 2.39 bits per heavy atom. The minimum atomic E-state index is -0.714. The molecule has 156 valence electrons. The Balaban J connectivity index is 1.76. The molecule has 5 rings (SSSR count). The molecule has 0 bridgehead atoms. The van der Waals surface area contributed by atoms with Crippen LogP contribution in [0.15, 0.2) is 84.6 Å². The fourth-order valence-electron chi connectivity index (χ4n) is 4.86. The molecule has 1 aliphatic heterocycles. The first-order valence-corrected chi connectivity index (χ1v) is 10.8. The van der Waals surface area contributed by atoms with Gasteiger partial charge >= 0.3 is 6.03 Å². The van der Waals surface area contributed by atoms with Gasteiger partial charge in [-0.3, -0.25) is 4.90 Å². The van der Waals surface area contributed by atoms with Gasteiger partial charge in [0.15, 0.2) is 5.60 Å². The number of hydrogen-bond acceptors (Lipinski definition) is 2. The lowest BCUT2D eigenvalue weighted by molar-refractivity contribution is -0.510. The SMILES string of the molecule is CN(C)C(=O)[NH2+]C1=C2c3ccccc3O[C@@]2(c2ccc(Cl)cc2)[C@H](c2ccccc2)C1. The van der Waals surface area contributed by atoms with Gasteiger partial charge in [0.2, 0.25) is 0 Å². The van der Waals surface area contributed by atoms with Gasteiger partial charge in [-0.1, -0.05) is 72.3 Å². The van der Waals surface area contributed by atoms with Gasteiger partial charge in [-0.05, 0) is 23.8 Å². The van der Waals surface area contributed by atoms with Crippen LogP contribution in [0.2, 0.25) is 5.02 Å². The lowest BCUT2D eigenvalue weighted by Crippen LogP contribution is -2.88. The van der Waals surface area contributed by atoms with Crippen LogP contribution in [0.5, 0.6) is 5.75 Å². The molecule has 1 heterocycles. The fraction of sp³-hybridized carbons (Fsp3) is 0.192. The molecule has 2 aliphatic rings. The van der Waals surface area contributed by atoms with Crippen molar-refractivity contribution < 1.29 is 14.8 Å². The van der Waals surface area contributed by atoms with Crippen molar-refractivity contribution >= 4 is 23.2 Å². The number of carbonyl (C=O) groups excluding carboxylic acids is 1. The molecule has 4 nitrogen and oxygen atoms in total. The summed E-state index contributed by atoms with van der Waals surface area (Å²) >= 11 is 6.22. The van der Waals surface area contributed by atoms with Crippen LogP contribution in [0.3, 0.4) is 0 Å². The molecule has 0 radical (unpaired) electrons. The summed E-state index contributed by atoms with van der Waals surface area (Å²) < 4.78 is 6.84. The highest BCUT2D eigenvalue weighted by molar-refractivity contribution is 6.30. The van der Waals surface area contributed by atoms with Crippen LogP contribution in [0, 0.1) is 0 Å². The molecule has 1 aliphatic carbocycles. The van der Waals surface area contributed by atoms with E-state index in [9.17, 15) is 4.79 Å². The van der Waals surface area contributed by atoms with E-state index >= 15 is 0 Å². The summed E-state index contributed by atoms with van der Waals surface area (Å²) in [6.07, 6.45) is 0.718. The number of rotatable bonds is 3. The lowest BCUT2D eigenvalue weighted by Gasteiger charge is -2.34. The largest absolute Gasteiger partial charge is 0.476 e. The number of benzene rings is 3. The molecular formula is C26H24ClN2O2+. The number of para-hydroxylation sites is 1. The highest BCUT2D eigenvalue weighted by Gasteiger charge is 2.59. The standard InChI is InChI=1S/C26H23ClN2O2/c1-29(2)25(30)28-22-16-21(17-8-4-3-5-9-17)26(18-12-14-19(27)15-13-18)24(22)20-10-6-7-11-23(20)31-26/h3-15,21H,16H2,1-2H3,(H,28,30)/p+1/t21-,26-/m0/s1. The third kappa shape index (κ3) is 3.14. The molecule has 3 aromatic rings. The molecule has 0 fully saturated rings. The molecule has 2 N–H and O–H groups in total. The Bertz CT molecular complexity index is 1170. The number of carbonyl (C=O) groups is 1. The van der Waals surface area contributed by atoms with Crippen molar-refractivity contribution in [2.24, 2.45) is 0 Å². The maximum absolute atomic E-state index is 12.7. The summed E-state index contributed by atoms with van der Waals surface area (Å²) in [4.78, 5) is 14.3. The second-order valence-corrected chi connectivity index (χ2v) is 8.72. The Labute approximate surface area is 187 Å². The van der Waals surface area contributed by atoms with Crippen molar-refractivity contribution in [2.45, 2.75) is 17.9 Å². The summed E-state index contributed by atoms with van der Waals surface area (Å²) in [7, 11) is 3.55. The van der Waals surface area contributed by atoms with E-state index in [1.54, 1.807) is 24.3 Å². The Morgan fingerprint density at radius 1 is 1.00 bits per heavy atom. The predicted octanol–water partition coefficient (Wildman–Crippen LogP) is 4.77. The third-order valence-corrected chi connectivity index (χ3v) is 6.50. The van der Waals surface area contributed by atoms with Crippen LogP contribution in [-0.4, -0.2) is 25.0 Å². The van der Waals surface area contributed by atoms with E-state index in [0.717, 1.165) is 34.6 Å². The normalized spacial score (nSPS) is 21.5. The van der Waals surface area contributed by atoms with Crippen molar-refractivity contribution in [3.63, 3.8) is 0 Å². The molecule has 0 saturated heterocycles. The average Bonchev–Trinajstić information content (AvgIpc) is 3.28. The zero-order valence-corrected chi connectivity index (χ0v) is 18.3. The fourth-order valence-corrected chi connectivity index (χ4v) is 4.98. The Hall–Kier alpha value is -3.08. The minimum absolute atomic E-state index is 0.0226. The van der Waals surface area contributed by atoms with Gasteiger partial charge in [0.1, 0.15) is 11.4 Å². The molecule has 3 aromatic carbocycles. The first-order chi connectivity index (χ1) is 15.0. The highest BCUT2D eigenvalue weighted by atomic mass is 35.5. The lowest BCUT2D eigenvalue weighted by atomic mass is 9.76. The summed E-state index contributed by atoms with van der Waals surface area (Å²) in [6.45, 7) is 0. The van der Waals surface area contributed by atoms with Crippen molar-refractivity contribution in [1.82, 2.24) is 4.90 Å². The second kappa shape index (κ2) is 7.56. The molecule has 31 heavy (non-hydrogen) atoms. The monoisotopic (exact) mass is 431 g/mol. The van der Waals surface area contributed by atoms with E-state index in [1.807, 2.05) is 48.5 Å². The summed E-state index contributed by atoms with van der Waals surface area (Å²) in [5, 5.41) is 2.46. The van der Waals surface area contributed by atoms with Gasteiger partial charge in [0.05, 0.1) is 5.57 Å². The maximum Gasteiger partial charge on any atom is 0.420 e. The summed E-state index contributed by atoms with van der Waals surface area (Å²) in [6, 6.07) is 26.4. The number of urea groups is 1. The first kappa shape index (κ1) is 19.9. The maximum atomic E-state index is 12.7. The topological polar surface area (TPSA) is 46.2 Å². The number of amides is 2. The average molecular weight is 432 g/mol. The van der Waals surface area contributed by atoms with Crippen LogP contribution in [0.1, 0.15) is 29.0 Å². The van der Waals surface area contributed by atoms with E-state index < -0.39 is 5.60 Å². The number of hydrogen-bond donors (Lipinski definition) is 1. The van der Waals surface area contributed by atoms with Gasteiger partial charge < -0.3 is 4.74 Å². The van der Waals surface area contributed by atoms with E-state index in [4.69, 9.17) is 16.3 Å². The number of halogens is 1. The van der Waals surface area contributed by atoms with Crippen molar-refractivity contribution in [3.05, 3.63) is 106 Å². The van der Waals surface area contributed by atoms with E-state index in [2.05, 4.69) is 30.3 Å². The summed E-state index contributed by atoms with van der Waals surface area (Å²) in [5.41, 5.74) is 4.66. The van der Waals surface area contributed by atoms with Gasteiger partial charge in [0.25, 0.3) is 0 Å². The number of allylic oxidation sites excluding steroid dienone is 1. The van der Waals surface area contributed by atoms with Crippen LogP contribution in [0.25, 0.3) is 5.57 Å². The number of quaternary nitrogens is 1. The zero-order valence-electron chi connectivity index (χ0n) is 17.5. The first-order valence-electron chi connectivity index (χ1n) is 10.4. The number of nitrogens with zero attached hydrogens (tertiary/aromatic N) is 1. The van der Waals surface area contributed by atoms with Crippen LogP contribution < -0.4 is 10.1 Å². The number of ether oxygens (including phenoxy) is 1. The summed E-state index contributed by atoms with van der Waals surface area (Å²) in [5.74, 6) is 0.870. The van der Waals surface area contributed by atoms with E-state index in [0.29, 0.717) is 5.02 Å². The molecule has 0 spiro atoms. The highest BCUT2D eigenvalue weighted by Crippen LogP contribution is 2.62. The smallest absolute Gasteiger partial charge is 0.420 e. The van der Waals surface area contributed by atoms with E-state index in [-0.39, 0.29) is 11.9 Å². The van der Waals surface area contributed by atoms with Crippen molar-refractivity contribution in [1.29, 1.82) is 0 Å². The van der Waals surface area contributed by atoms with Crippen LogP contribution in [0.4, 0.5) is 4.79 Å². The number of primary amides is 1. The van der Waals surface area contributed by atoms with Crippen molar-refractivity contribution in [2.75, 3.05) is 14.1 Å². The van der Waals surface area contributed by atoms with Gasteiger partial charge in [-0.25, -0.2) is 10.1 Å². The number of nitrogens with two attached hydrogens (primary N) is 1. The van der Waals surface area contributed by atoms with Crippen LogP contribution in [-0.2, 0) is 5.60 Å². The van der Waals surface area contributed by atoms with Gasteiger partial charge in [-0.15, -0.1) is 0 Å². The molecular weight excluding hydrogens is 408 g/mol. The molecule has 0 aromatic heterocycles. The Kier molecular flexibility index (Phi) is 4.84. The number of fused-ring (bicyclic) bond motifs is 3. The molecule has 5 heteroatoms. The third-order valence-electron chi connectivity index (χ3n) is 6.25. The van der Waals surface area contributed by atoms with Gasteiger partial charge in [-0.2, -0.15) is 0 Å². The molecule has 2 atom stereocenters. The quantitative estimate of drug-likeness (QED) is 0.649. The van der Waals surface area contributed by atoms with E-state index in [1.165, 1.54) is 5.56 Å². The van der Waals surface area contributed by atoms with Crippen LogP contribution >= 0.6 is 11.6 Å². The van der Waals surface area contributed by atoms with Gasteiger partial charge in [0, 0.05) is 42.6 Å².